The Morgan fingerprint density at radius 1 is 1.44 bits per heavy atom. The van der Waals surface area contributed by atoms with E-state index in [0.29, 0.717) is 6.54 Å². The Morgan fingerprint density at radius 2 is 2.17 bits per heavy atom. The van der Waals surface area contributed by atoms with Gasteiger partial charge in [-0.25, -0.2) is 0 Å². The molecule has 0 aromatic carbocycles. The van der Waals surface area contributed by atoms with Crippen molar-refractivity contribution in [3.8, 4) is 0 Å². The Balaban J connectivity index is 2.24. The first kappa shape index (κ1) is 13.3. The summed E-state index contributed by atoms with van der Waals surface area (Å²) >= 11 is 2.19. The lowest BCUT2D eigenvalue weighted by Gasteiger charge is -2.05. The van der Waals surface area contributed by atoms with E-state index in [1.807, 2.05) is 26.1 Å². The van der Waals surface area contributed by atoms with Crippen LogP contribution in [-0.4, -0.2) is 20.1 Å². The molecule has 2 heterocycles. The van der Waals surface area contributed by atoms with Crippen LogP contribution in [0.3, 0.4) is 0 Å². The predicted molar refractivity (Wildman–Crippen MR) is 78.9 cm³/mol. The van der Waals surface area contributed by atoms with Gasteiger partial charge in [-0.2, -0.15) is 5.10 Å². The number of nitrogens with zero attached hydrogens (tertiary/aromatic N) is 3. The highest BCUT2D eigenvalue weighted by Crippen LogP contribution is 2.16. The van der Waals surface area contributed by atoms with Crippen molar-refractivity contribution in [2.75, 3.05) is 0 Å². The van der Waals surface area contributed by atoms with Crippen LogP contribution in [0.1, 0.15) is 28.7 Å². The molecule has 2 rings (SSSR count). The van der Waals surface area contributed by atoms with Crippen molar-refractivity contribution in [1.82, 2.24) is 14.3 Å². The van der Waals surface area contributed by atoms with Gasteiger partial charge in [-0.1, -0.05) is 0 Å². The standard InChI is InChI=1S/C13H16IN3O/c1-4-17-9(2)5-12(10(17)3)13(18)8-16-7-11(14)6-15-16/h5-7H,4,8H2,1-3H3. The summed E-state index contributed by atoms with van der Waals surface area (Å²) in [6.07, 6.45) is 3.63. The van der Waals surface area contributed by atoms with Crippen molar-refractivity contribution in [2.45, 2.75) is 33.9 Å². The Morgan fingerprint density at radius 3 is 2.67 bits per heavy atom. The molecule has 2 aromatic heterocycles. The number of hydrogen-bond acceptors (Lipinski definition) is 2. The molecule has 2 aromatic rings. The van der Waals surface area contributed by atoms with Crippen LogP contribution in [0.5, 0.6) is 0 Å². The van der Waals surface area contributed by atoms with Crippen molar-refractivity contribution in [3.63, 3.8) is 0 Å². The summed E-state index contributed by atoms with van der Waals surface area (Å²) < 4.78 is 4.88. The van der Waals surface area contributed by atoms with Crippen LogP contribution < -0.4 is 0 Å². The zero-order valence-corrected chi connectivity index (χ0v) is 12.9. The molecule has 0 amide bonds. The number of carbonyl (C=O) groups excluding carboxylic acids is 1. The normalized spacial score (nSPS) is 10.9. The number of Topliss-reactive ketones (excluding diaryl/α,β-unsaturated/α-hetero) is 1. The summed E-state index contributed by atoms with van der Waals surface area (Å²) in [4.78, 5) is 12.2. The maximum absolute atomic E-state index is 12.2. The molecule has 96 valence electrons. The third-order valence-corrected chi connectivity index (χ3v) is 3.65. The van der Waals surface area contributed by atoms with Gasteiger partial charge in [0.25, 0.3) is 0 Å². The van der Waals surface area contributed by atoms with Crippen LogP contribution >= 0.6 is 22.6 Å². The summed E-state index contributed by atoms with van der Waals surface area (Å²) in [5.74, 6) is 0.113. The van der Waals surface area contributed by atoms with Crippen LogP contribution in [-0.2, 0) is 13.1 Å². The molecule has 0 spiro atoms. The topological polar surface area (TPSA) is 39.8 Å². The van der Waals surface area contributed by atoms with Crippen molar-refractivity contribution in [2.24, 2.45) is 0 Å². The predicted octanol–water partition coefficient (Wildman–Crippen LogP) is 2.81. The average molecular weight is 357 g/mol. The largest absolute Gasteiger partial charge is 0.349 e. The fourth-order valence-electron chi connectivity index (χ4n) is 2.23. The van der Waals surface area contributed by atoms with Crippen molar-refractivity contribution in [1.29, 1.82) is 0 Å². The zero-order chi connectivity index (χ0) is 13.3. The van der Waals surface area contributed by atoms with E-state index in [0.717, 1.165) is 27.1 Å². The molecule has 0 saturated heterocycles. The van der Waals surface area contributed by atoms with E-state index in [1.54, 1.807) is 10.9 Å². The van der Waals surface area contributed by atoms with Crippen molar-refractivity contribution < 1.29 is 4.79 Å². The number of ketones is 1. The lowest BCUT2D eigenvalue weighted by molar-refractivity contribution is 0.0967. The Labute approximate surface area is 120 Å². The fourth-order valence-corrected chi connectivity index (χ4v) is 2.67. The Hall–Kier alpha value is -1.11. The SMILES string of the molecule is CCn1c(C)cc(C(=O)Cn2cc(I)cn2)c1C. The molecule has 0 unspecified atom stereocenters. The first-order valence-corrected chi connectivity index (χ1v) is 6.98. The molecule has 5 heteroatoms. The Bertz CT molecular complexity index is 583. The molecule has 0 aliphatic heterocycles. The van der Waals surface area contributed by atoms with Gasteiger partial charge in [0.1, 0.15) is 6.54 Å². The van der Waals surface area contributed by atoms with Crippen molar-refractivity contribution in [3.05, 3.63) is 39.0 Å². The van der Waals surface area contributed by atoms with Crippen LogP contribution in [0.2, 0.25) is 0 Å². The van der Waals surface area contributed by atoms with Gasteiger partial charge in [-0.05, 0) is 49.4 Å². The molecule has 0 aliphatic rings. The summed E-state index contributed by atoms with van der Waals surface area (Å²) in [5.41, 5.74) is 2.98. The Kier molecular flexibility index (Phi) is 3.89. The molecule has 0 bridgehead atoms. The molecular weight excluding hydrogens is 341 g/mol. The molecule has 0 aliphatic carbocycles. The molecule has 0 fully saturated rings. The average Bonchev–Trinajstić information content (AvgIpc) is 2.83. The van der Waals surface area contributed by atoms with Crippen LogP contribution in [0.15, 0.2) is 18.5 Å². The summed E-state index contributed by atoms with van der Waals surface area (Å²) in [6, 6.07) is 1.97. The lowest BCUT2D eigenvalue weighted by atomic mass is 10.1. The van der Waals surface area contributed by atoms with Gasteiger partial charge in [0.05, 0.1) is 9.77 Å². The van der Waals surface area contributed by atoms with E-state index >= 15 is 0 Å². The second kappa shape index (κ2) is 5.26. The van der Waals surface area contributed by atoms with Crippen molar-refractivity contribution >= 4 is 28.4 Å². The van der Waals surface area contributed by atoms with Gasteiger partial charge in [0.15, 0.2) is 5.78 Å². The summed E-state index contributed by atoms with van der Waals surface area (Å²) in [6.45, 7) is 7.31. The highest BCUT2D eigenvalue weighted by atomic mass is 127. The number of aryl methyl sites for hydroxylation is 1. The first-order chi connectivity index (χ1) is 8.52. The van der Waals surface area contributed by atoms with Gasteiger partial charge in [-0.15, -0.1) is 0 Å². The smallest absolute Gasteiger partial charge is 0.186 e. The van der Waals surface area contributed by atoms with Gasteiger partial charge < -0.3 is 4.57 Å². The van der Waals surface area contributed by atoms with Crippen LogP contribution in [0, 0.1) is 17.4 Å². The number of carbonyl (C=O) groups is 1. The highest BCUT2D eigenvalue weighted by Gasteiger charge is 2.15. The zero-order valence-electron chi connectivity index (χ0n) is 10.8. The maximum atomic E-state index is 12.2. The van der Waals surface area contributed by atoms with E-state index < -0.39 is 0 Å². The van der Waals surface area contributed by atoms with Gasteiger partial charge >= 0.3 is 0 Å². The molecular formula is C13H16IN3O. The fraction of sp³-hybridized carbons (Fsp3) is 0.385. The van der Waals surface area contributed by atoms with E-state index in [4.69, 9.17) is 0 Å². The van der Waals surface area contributed by atoms with Gasteiger partial charge in [0, 0.05) is 29.7 Å². The minimum atomic E-state index is 0.113. The van der Waals surface area contributed by atoms with E-state index in [2.05, 4.69) is 39.2 Å². The van der Waals surface area contributed by atoms with Gasteiger partial charge in [-0.3, -0.25) is 9.48 Å². The minimum absolute atomic E-state index is 0.113. The quantitative estimate of drug-likeness (QED) is 0.624. The third kappa shape index (κ3) is 2.50. The monoisotopic (exact) mass is 357 g/mol. The molecule has 0 atom stereocenters. The molecule has 4 nitrogen and oxygen atoms in total. The third-order valence-electron chi connectivity index (χ3n) is 3.10. The highest BCUT2D eigenvalue weighted by molar-refractivity contribution is 14.1. The summed E-state index contributed by atoms with van der Waals surface area (Å²) in [7, 11) is 0. The molecule has 18 heavy (non-hydrogen) atoms. The van der Waals surface area contributed by atoms with Gasteiger partial charge in [0.2, 0.25) is 0 Å². The number of halogens is 1. The molecule has 0 N–H and O–H groups in total. The molecule has 0 saturated carbocycles. The van der Waals surface area contributed by atoms with E-state index in [-0.39, 0.29) is 5.78 Å². The van der Waals surface area contributed by atoms with Crippen LogP contribution in [0.25, 0.3) is 0 Å². The second-order valence-corrected chi connectivity index (χ2v) is 5.55. The lowest BCUT2D eigenvalue weighted by Crippen LogP contribution is -2.12. The number of rotatable bonds is 4. The van der Waals surface area contributed by atoms with E-state index in [1.165, 1.54) is 0 Å². The van der Waals surface area contributed by atoms with E-state index in [9.17, 15) is 4.79 Å². The van der Waals surface area contributed by atoms with Crippen LogP contribution in [0.4, 0.5) is 0 Å². The first-order valence-electron chi connectivity index (χ1n) is 5.90. The number of hydrogen-bond donors (Lipinski definition) is 0. The summed E-state index contributed by atoms with van der Waals surface area (Å²) in [5, 5.41) is 4.14. The molecule has 0 radical (unpaired) electrons. The number of aromatic nitrogens is 3. The second-order valence-electron chi connectivity index (χ2n) is 4.31. The minimum Gasteiger partial charge on any atom is -0.349 e. The maximum Gasteiger partial charge on any atom is 0.186 e.